The molecule has 1 heterocycles. The van der Waals surface area contributed by atoms with Crippen LogP contribution in [0, 0.1) is 0 Å². The Bertz CT molecular complexity index is 350. The Morgan fingerprint density at radius 2 is 2.25 bits per heavy atom. The van der Waals surface area contributed by atoms with Gasteiger partial charge in [-0.15, -0.1) is 11.3 Å². The van der Waals surface area contributed by atoms with E-state index in [1.54, 1.807) is 11.3 Å². The summed E-state index contributed by atoms with van der Waals surface area (Å²) in [6, 6.07) is 0. The van der Waals surface area contributed by atoms with Gasteiger partial charge in [0, 0.05) is 12.0 Å². The van der Waals surface area contributed by atoms with Crippen molar-refractivity contribution in [1.82, 2.24) is 4.98 Å². The minimum absolute atomic E-state index is 0.209. The molecule has 1 aliphatic rings. The summed E-state index contributed by atoms with van der Waals surface area (Å²) in [5.74, 6) is 0. The van der Waals surface area contributed by atoms with Gasteiger partial charge in [-0.25, -0.2) is 4.98 Å². The third-order valence-electron chi connectivity index (χ3n) is 3.11. The number of rotatable bonds is 4. The van der Waals surface area contributed by atoms with Crippen molar-refractivity contribution >= 4 is 17.6 Å². The van der Waals surface area contributed by atoms with Gasteiger partial charge in [-0.05, 0) is 19.8 Å². The Morgan fingerprint density at radius 1 is 1.50 bits per heavy atom. The molecular formula is C12H17NO2S. The highest BCUT2D eigenvalue weighted by atomic mass is 32.1. The maximum absolute atomic E-state index is 10.7. The van der Waals surface area contributed by atoms with E-state index >= 15 is 0 Å². The van der Waals surface area contributed by atoms with Gasteiger partial charge in [0.2, 0.25) is 0 Å². The van der Waals surface area contributed by atoms with Crippen LogP contribution in [0.3, 0.4) is 0 Å². The van der Waals surface area contributed by atoms with Crippen LogP contribution in [0.5, 0.6) is 0 Å². The average Bonchev–Trinajstić information content (AvgIpc) is 2.80. The highest BCUT2D eigenvalue weighted by Crippen LogP contribution is 2.41. The molecule has 0 aliphatic heterocycles. The standard InChI is InChI=1S/C12H17NO2S/c1-2-15-12(6-4-3-5-7-12)11-13-10(8-14)9-16-11/h8-9H,2-7H2,1H3. The van der Waals surface area contributed by atoms with Gasteiger partial charge in [0.05, 0.1) is 0 Å². The second-order valence-electron chi connectivity index (χ2n) is 4.18. The molecular weight excluding hydrogens is 222 g/mol. The lowest BCUT2D eigenvalue weighted by Gasteiger charge is -2.35. The monoisotopic (exact) mass is 239 g/mol. The first-order valence-corrected chi connectivity index (χ1v) is 6.74. The number of carbonyl (C=O) groups is 1. The van der Waals surface area contributed by atoms with Gasteiger partial charge < -0.3 is 4.74 Å². The van der Waals surface area contributed by atoms with Crippen LogP contribution in [0.2, 0.25) is 0 Å². The summed E-state index contributed by atoms with van der Waals surface area (Å²) >= 11 is 1.55. The number of nitrogens with zero attached hydrogens (tertiary/aromatic N) is 1. The van der Waals surface area contributed by atoms with Crippen molar-refractivity contribution in [1.29, 1.82) is 0 Å². The molecule has 88 valence electrons. The topological polar surface area (TPSA) is 39.2 Å². The molecule has 0 atom stereocenters. The fraction of sp³-hybridized carbons (Fsp3) is 0.667. The lowest BCUT2D eigenvalue weighted by atomic mass is 9.85. The lowest BCUT2D eigenvalue weighted by molar-refractivity contribution is -0.0704. The van der Waals surface area contributed by atoms with Crippen LogP contribution < -0.4 is 0 Å². The van der Waals surface area contributed by atoms with E-state index in [1.165, 1.54) is 19.3 Å². The third kappa shape index (κ3) is 2.18. The maximum atomic E-state index is 10.7. The quantitative estimate of drug-likeness (QED) is 0.758. The van der Waals surface area contributed by atoms with Crippen molar-refractivity contribution in [3.05, 3.63) is 16.1 Å². The number of hydrogen-bond acceptors (Lipinski definition) is 4. The first-order valence-electron chi connectivity index (χ1n) is 5.86. The smallest absolute Gasteiger partial charge is 0.169 e. The number of aromatic nitrogens is 1. The highest BCUT2D eigenvalue weighted by molar-refractivity contribution is 7.10. The first-order chi connectivity index (χ1) is 7.80. The molecule has 4 heteroatoms. The van der Waals surface area contributed by atoms with Crippen LogP contribution >= 0.6 is 11.3 Å². The maximum Gasteiger partial charge on any atom is 0.169 e. The summed E-state index contributed by atoms with van der Waals surface area (Å²) in [5, 5.41) is 2.80. The molecule has 2 rings (SSSR count). The summed E-state index contributed by atoms with van der Waals surface area (Å²) in [6.07, 6.45) is 6.54. The molecule has 0 saturated heterocycles. The second-order valence-corrected chi connectivity index (χ2v) is 5.04. The van der Waals surface area contributed by atoms with Gasteiger partial charge in [-0.1, -0.05) is 19.3 Å². The number of hydrogen-bond donors (Lipinski definition) is 0. The Hall–Kier alpha value is -0.740. The average molecular weight is 239 g/mol. The number of ether oxygens (including phenoxy) is 1. The van der Waals surface area contributed by atoms with Gasteiger partial charge >= 0.3 is 0 Å². The normalized spacial score (nSPS) is 19.6. The molecule has 0 unspecified atom stereocenters. The van der Waals surface area contributed by atoms with Crippen LogP contribution in [0.15, 0.2) is 5.38 Å². The van der Waals surface area contributed by atoms with E-state index in [0.717, 1.165) is 24.1 Å². The number of thiazole rings is 1. The molecule has 0 radical (unpaired) electrons. The predicted molar refractivity (Wildman–Crippen MR) is 63.9 cm³/mol. The minimum atomic E-state index is -0.209. The van der Waals surface area contributed by atoms with Crippen molar-refractivity contribution in [2.24, 2.45) is 0 Å². The van der Waals surface area contributed by atoms with Crippen LogP contribution in [-0.4, -0.2) is 17.9 Å². The van der Waals surface area contributed by atoms with E-state index in [1.807, 2.05) is 12.3 Å². The van der Waals surface area contributed by atoms with Gasteiger partial charge in [0.1, 0.15) is 16.3 Å². The Labute approximate surface area is 99.8 Å². The molecule has 16 heavy (non-hydrogen) atoms. The fourth-order valence-corrected chi connectivity index (χ4v) is 3.35. The van der Waals surface area contributed by atoms with Crippen molar-refractivity contribution in [2.45, 2.75) is 44.6 Å². The highest BCUT2D eigenvalue weighted by Gasteiger charge is 2.37. The van der Waals surface area contributed by atoms with Crippen molar-refractivity contribution in [2.75, 3.05) is 6.61 Å². The van der Waals surface area contributed by atoms with Gasteiger partial charge in [0.15, 0.2) is 6.29 Å². The molecule has 1 fully saturated rings. The number of carbonyl (C=O) groups excluding carboxylic acids is 1. The van der Waals surface area contributed by atoms with Crippen molar-refractivity contribution in [3.8, 4) is 0 Å². The molecule has 1 aromatic rings. The molecule has 3 nitrogen and oxygen atoms in total. The van der Waals surface area contributed by atoms with Crippen LogP contribution in [0.25, 0.3) is 0 Å². The zero-order valence-corrected chi connectivity index (χ0v) is 10.4. The molecule has 1 saturated carbocycles. The van der Waals surface area contributed by atoms with E-state index in [9.17, 15) is 4.79 Å². The van der Waals surface area contributed by atoms with E-state index in [2.05, 4.69) is 4.98 Å². The summed E-state index contributed by atoms with van der Waals surface area (Å²) in [6.45, 7) is 2.72. The van der Waals surface area contributed by atoms with E-state index in [0.29, 0.717) is 12.3 Å². The molecule has 0 amide bonds. The van der Waals surface area contributed by atoms with Crippen LogP contribution in [0.1, 0.15) is 54.5 Å². The summed E-state index contributed by atoms with van der Waals surface area (Å²) < 4.78 is 5.95. The minimum Gasteiger partial charge on any atom is -0.368 e. The molecule has 1 aromatic heterocycles. The summed E-state index contributed by atoms with van der Waals surface area (Å²) in [5.41, 5.74) is 0.323. The van der Waals surface area contributed by atoms with Gasteiger partial charge in [-0.2, -0.15) is 0 Å². The van der Waals surface area contributed by atoms with Gasteiger partial charge in [-0.3, -0.25) is 4.79 Å². The Balaban J connectivity index is 2.26. The van der Waals surface area contributed by atoms with Gasteiger partial charge in [0.25, 0.3) is 0 Å². The molecule has 0 spiro atoms. The molecule has 0 aromatic carbocycles. The largest absolute Gasteiger partial charge is 0.368 e. The second kappa shape index (κ2) is 5.06. The lowest BCUT2D eigenvalue weighted by Crippen LogP contribution is -2.32. The Kier molecular flexibility index (Phi) is 3.71. The van der Waals surface area contributed by atoms with Crippen molar-refractivity contribution < 1.29 is 9.53 Å². The first kappa shape index (κ1) is 11.7. The van der Waals surface area contributed by atoms with Crippen molar-refractivity contribution in [3.63, 3.8) is 0 Å². The zero-order valence-electron chi connectivity index (χ0n) is 9.57. The molecule has 0 bridgehead atoms. The third-order valence-corrected chi connectivity index (χ3v) is 4.16. The predicted octanol–water partition coefficient (Wildman–Crippen LogP) is 3.15. The zero-order chi connectivity index (χ0) is 11.4. The number of aldehydes is 1. The summed E-state index contributed by atoms with van der Waals surface area (Å²) in [7, 11) is 0. The van der Waals surface area contributed by atoms with Crippen LogP contribution in [-0.2, 0) is 10.3 Å². The van der Waals surface area contributed by atoms with Crippen LogP contribution in [0.4, 0.5) is 0 Å². The molecule has 0 N–H and O–H groups in total. The van der Waals surface area contributed by atoms with E-state index in [4.69, 9.17) is 4.74 Å². The SMILES string of the molecule is CCOC1(c2nc(C=O)cs2)CCCCC1. The molecule has 1 aliphatic carbocycles. The summed E-state index contributed by atoms with van der Waals surface area (Å²) in [4.78, 5) is 15.0. The van der Waals surface area contributed by atoms with E-state index < -0.39 is 0 Å². The fourth-order valence-electron chi connectivity index (χ4n) is 2.37. The Morgan fingerprint density at radius 3 is 2.81 bits per heavy atom. The van der Waals surface area contributed by atoms with E-state index in [-0.39, 0.29) is 5.60 Å².